The van der Waals surface area contributed by atoms with Crippen LogP contribution in [-0.2, 0) is 4.74 Å². The molecule has 1 fully saturated rings. The van der Waals surface area contributed by atoms with Gasteiger partial charge in [-0.1, -0.05) is 18.2 Å². The number of anilines is 1. The molecule has 0 bridgehead atoms. The minimum absolute atomic E-state index is 0.125. The molecule has 0 aliphatic carbocycles. The van der Waals surface area contributed by atoms with E-state index in [4.69, 9.17) is 14.2 Å². The van der Waals surface area contributed by atoms with Crippen LogP contribution in [-0.4, -0.2) is 51.5 Å². The van der Waals surface area contributed by atoms with Gasteiger partial charge < -0.3 is 19.5 Å². The lowest BCUT2D eigenvalue weighted by Gasteiger charge is -2.35. The molecule has 6 nitrogen and oxygen atoms in total. The van der Waals surface area contributed by atoms with Gasteiger partial charge in [0.2, 0.25) is 0 Å². The predicted octanol–water partition coefficient (Wildman–Crippen LogP) is 3.45. The van der Waals surface area contributed by atoms with Crippen LogP contribution in [0, 0.1) is 11.3 Å². The Balaban J connectivity index is 1.86. The maximum absolute atomic E-state index is 9.35. The Morgan fingerprint density at radius 1 is 1.18 bits per heavy atom. The largest absolute Gasteiger partial charge is 0.493 e. The second-order valence-electron chi connectivity index (χ2n) is 6.55. The van der Waals surface area contributed by atoms with Crippen molar-refractivity contribution in [2.24, 2.45) is 0 Å². The number of nitrogens with zero attached hydrogens (tertiary/aromatic N) is 2. The summed E-state index contributed by atoms with van der Waals surface area (Å²) < 4.78 is 16.7. The molecule has 0 spiro atoms. The second kappa shape index (κ2) is 9.98. The van der Waals surface area contributed by atoms with Crippen LogP contribution in [0.5, 0.6) is 11.5 Å². The smallest absolute Gasteiger partial charge is 0.161 e. The number of ether oxygens (including phenoxy) is 3. The average molecular weight is 381 g/mol. The Kier molecular flexibility index (Phi) is 7.12. The highest BCUT2D eigenvalue weighted by molar-refractivity contribution is 5.57. The van der Waals surface area contributed by atoms with Crippen molar-refractivity contribution < 1.29 is 14.2 Å². The van der Waals surface area contributed by atoms with Crippen LogP contribution in [0.15, 0.2) is 42.5 Å². The summed E-state index contributed by atoms with van der Waals surface area (Å²) in [5.41, 5.74) is 2.64. The Bertz CT molecular complexity index is 813. The van der Waals surface area contributed by atoms with E-state index in [0.717, 1.165) is 49.1 Å². The number of benzene rings is 2. The third-order valence-electron chi connectivity index (χ3n) is 4.89. The van der Waals surface area contributed by atoms with Crippen molar-refractivity contribution >= 4 is 5.69 Å². The van der Waals surface area contributed by atoms with Gasteiger partial charge in [-0.3, -0.25) is 4.90 Å². The van der Waals surface area contributed by atoms with Gasteiger partial charge in [-0.2, -0.15) is 5.26 Å². The predicted molar refractivity (Wildman–Crippen MR) is 109 cm³/mol. The lowest BCUT2D eigenvalue weighted by atomic mass is 10.0. The lowest BCUT2D eigenvalue weighted by Crippen LogP contribution is -2.41. The molecule has 0 saturated carbocycles. The molecular formula is C22H27N3O3. The zero-order valence-electron chi connectivity index (χ0n) is 16.5. The van der Waals surface area contributed by atoms with Crippen LogP contribution < -0.4 is 14.8 Å². The summed E-state index contributed by atoms with van der Waals surface area (Å²) >= 11 is 0. The minimum atomic E-state index is 0.125. The number of para-hydroxylation sites is 1. The van der Waals surface area contributed by atoms with Crippen LogP contribution in [0.25, 0.3) is 0 Å². The first kappa shape index (κ1) is 20.0. The number of rotatable bonds is 8. The van der Waals surface area contributed by atoms with Crippen LogP contribution in [0.2, 0.25) is 0 Å². The highest BCUT2D eigenvalue weighted by Gasteiger charge is 2.24. The maximum atomic E-state index is 9.35. The summed E-state index contributed by atoms with van der Waals surface area (Å²) in [4.78, 5) is 2.40. The van der Waals surface area contributed by atoms with Crippen LogP contribution in [0.4, 0.5) is 5.69 Å². The topological polar surface area (TPSA) is 66.8 Å². The number of hydrogen-bond donors (Lipinski definition) is 1. The first-order chi connectivity index (χ1) is 13.8. The fraction of sp³-hybridized carbons (Fsp3) is 0.409. The van der Waals surface area contributed by atoms with E-state index in [-0.39, 0.29) is 6.04 Å². The van der Waals surface area contributed by atoms with Gasteiger partial charge in [-0.25, -0.2) is 0 Å². The summed E-state index contributed by atoms with van der Waals surface area (Å²) in [7, 11) is 1.66. The molecule has 1 aliphatic rings. The van der Waals surface area contributed by atoms with Crippen molar-refractivity contribution in [2.45, 2.75) is 13.0 Å². The number of morpholine rings is 1. The van der Waals surface area contributed by atoms with E-state index in [1.54, 1.807) is 7.11 Å². The third kappa shape index (κ3) is 4.75. The van der Waals surface area contributed by atoms with Crippen molar-refractivity contribution in [2.75, 3.05) is 51.9 Å². The Hall–Kier alpha value is -2.75. The number of nitriles is 1. The molecule has 3 rings (SSSR count). The summed E-state index contributed by atoms with van der Waals surface area (Å²) in [5.74, 6) is 1.48. The van der Waals surface area contributed by atoms with Gasteiger partial charge in [-0.05, 0) is 36.8 Å². The van der Waals surface area contributed by atoms with Crippen LogP contribution in [0.3, 0.4) is 0 Å². The normalized spacial score (nSPS) is 15.5. The third-order valence-corrected chi connectivity index (χ3v) is 4.89. The first-order valence-electron chi connectivity index (χ1n) is 9.62. The van der Waals surface area contributed by atoms with E-state index in [2.05, 4.69) is 22.4 Å². The molecule has 2 aromatic rings. The minimum Gasteiger partial charge on any atom is -0.493 e. The van der Waals surface area contributed by atoms with Gasteiger partial charge in [0.1, 0.15) is 6.07 Å². The number of nitrogens with one attached hydrogen (secondary N) is 1. The molecular weight excluding hydrogens is 354 g/mol. The maximum Gasteiger partial charge on any atom is 0.161 e. The Labute approximate surface area is 166 Å². The van der Waals surface area contributed by atoms with Crippen molar-refractivity contribution in [3.63, 3.8) is 0 Å². The fourth-order valence-electron chi connectivity index (χ4n) is 3.45. The zero-order chi connectivity index (χ0) is 19.8. The van der Waals surface area contributed by atoms with Gasteiger partial charge in [0.15, 0.2) is 11.5 Å². The number of hydrogen-bond acceptors (Lipinski definition) is 6. The van der Waals surface area contributed by atoms with Gasteiger partial charge in [0, 0.05) is 19.6 Å². The van der Waals surface area contributed by atoms with Crippen molar-refractivity contribution in [1.29, 1.82) is 5.26 Å². The van der Waals surface area contributed by atoms with Gasteiger partial charge in [0.25, 0.3) is 0 Å². The molecule has 0 unspecified atom stereocenters. The van der Waals surface area contributed by atoms with E-state index in [9.17, 15) is 5.26 Å². The van der Waals surface area contributed by atoms with Crippen molar-refractivity contribution in [3.05, 3.63) is 53.6 Å². The average Bonchev–Trinajstić information content (AvgIpc) is 2.76. The van der Waals surface area contributed by atoms with E-state index in [1.165, 1.54) is 0 Å². The zero-order valence-corrected chi connectivity index (χ0v) is 16.5. The summed E-state index contributed by atoms with van der Waals surface area (Å²) in [5, 5.41) is 12.8. The molecule has 1 N–H and O–H groups in total. The molecule has 1 saturated heterocycles. The van der Waals surface area contributed by atoms with Gasteiger partial charge >= 0.3 is 0 Å². The molecule has 1 aliphatic heterocycles. The summed E-state index contributed by atoms with van der Waals surface area (Å²) in [6, 6.07) is 16.0. The van der Waals surface area contributed by atoms with Gasteiger partial charge in [-0.15, -0.1) is 0 Å². The molecule has 1 heterocycles. The molecule has 0 aromatic heterocycles. The quantitative estimate of drug-likeness (QED) is 0.755. The molecule has 0 amide bonds. The summed E-state index contributed by atoms with van der Waals surface area (Å²) in [6.07, 6.45) is 0. The fourth-order valence-corrected chi connectivity index (χ4v) is 3.45. The molecule has 0 radical (unpaired) electrons. The Morgan fingerprint density at radius 2 is 1.96 bits per heavy atom. The summed E-state index contributed by atoms with van der Waals surface area (Å²) in [6.45, 7) is 6.40. The monoisotopic (exact) mass is 381 g/mol. The standard InChI is InChI=1S/C22H27N3O3/c1-3-28-21-9-8-17(14-22(21)26-2)20(25-10-12-27-13-11-25)16-24-19-7-5-4-6-18(19)15-23/h4-9,14,20,24H,3,10-13,16H2,1-2H3/t20-/m0/s1. The van der Waals surface area contributed by atoms with E-state index in [0.29, 0.717) is 18.7 Å². The van der Waals surface area contributed by atoms with E-state index in [1.807, 2.05) is 43.3 Å². The first-order valence-corrected chi connectivity index (χ1v) is 9.62. The lowest BCUT2D eigenvalue weighted by molar-refractivity contribution is 0.0186. The Morgan fingerprint density at radius 3 is 2.68 bits per heavy atom. The molecule has 2 aromatic carbocycles. The van der Waals surface area contributed by atoms with E-state index < -0.39 is 0 Å². The molecule has 148 valence electrons. The van der Waals surface area contributed by atoms with Crippen LogP contribution in [0.1, 0.15) is 24.1 Å². The molecule has 1 atom stereocenters. The molecule has 6 heteroatoms. The second-order valence-corrected chi connectivity index (χ2v) is 6.55. The highest BCUT2D eigenvalue weighted by atomic mass is 16.5. The molecule has 28 heavy (non-hydrogen) atoms. The van der Waals surface area contributed by atoms with Gasteiger partial charge in [0.05, 0.1) is 44.2 Å². The van der Waals surface area contributed by atoms with Crippen molar-refractivity contribution in [1.82, 2.24) is 4.90 Å². The number of methoxy groups -OCH3 is 1. The van der Waals surface area contributed by atoms with Crippen molar-refractivity contribution in [3.8, 4) is 17.6 Å². The highest BCUT2D eigenvalue weighted by Crippen LogP contribution is 2.33. The van der Waals surface area contributed by atoms with E-state index >= 15 is 0 Å². The SMILES string of the molecule is CCOc1ccc([C@H](CNc2ccccc2C#N)N2CCOCC2)cc1OC. The van der Waals surface area contributed by atoms with Crippen LogP contribution >= 0.6 is 0 Å².